The second-order valence-corrected chi connectivity index (χ2v) is 14.7. The Labute approximate surface area is 382 Å². The second kappa shape index (κ2) is 56.8. The fraction of sp³-hybridized carbons (Fsp3) is 0.936. The van der Waals surface area contributed by atoms with Gasteiger partial charge < -0.3 is 71.1 Å². The van der Waals surface area contributed by atoms with Gasteiger partial charge in [-0.2, -0.15) is 0 Å². The van der Waals surface area contributed by atoms with Crippen LogP contribution < -0.4 is 0 Å². The summed E-state index contributed by atoms with van der Waals surface area (Å²) in [6.45, 7) is 14.2. The molecular weight excluding hydrogens is 821 g/mol. The molecule has 0 radical (unpaired) electrons. The maximum absolute atomic E-state index is 12.5. The van der Waals surface area contributed by atoms with Crippen LogP contribution in [0.3, 0.4) is 0 Å². The van der Waals surface area contributed by atoms with Gasteiger partial charge in [-0.1, -0.05) is 70.4 Å². The molecule has 1 unspecified atom stereocenters. The van der Waals surface area contributed by atoms with Crippen molar-refractivity contribution in [3.63, 3.8) is 0 Å². The van der Waals surface area contributed by atoms with Gasteiger partial charge in [-0.3, -0.25) is 4.79 Å². The maximum Gasteiger partial charge on any atom is 0.305 e. The third-order valence-electron chi connectivity index (χ3n) is 9.17. The fourth-order valence-electron chi connectivity index (χ4n) is 5.60. The van der Waals surface area contributed by atoms with Gasteiger partial charge in [0.25, 0.3) is 0 Å². The molecule has 0 aromatic heterocycles. The van der Waals surface area contributed by atoms with E-state index in [0.29, 0.717) is 165 Å². The molecule has 0 aliphatic heterocycles. The van der Waals surface area contributed by atoms with Crippen molar-refractivity contribution in [3.8, 4) is 0 Å². The van der Waals surface area contributed by atoms with Crippen LogP contribution in [0.25, 0.3) is 0 Å². The molecule has 0 N–H and O–H groups in total. The topological polar surface area (TPSA) is 156 Å². The summed E-state index contributed by atoms with van der Waals surface area (Å²) in [6, 6.07) is 0. The molecule has 0 fully saturated rings. The number of rotatable bonds is 56. The van der Waals surface area contributed by atoms with Crippen LogP contribution in [0, 0.1) is 0 Å². The molecule has 0 spiro atoms. The van der Waals surface area contributed by atoms with Crippen molar-refractivity contribution >= 4 is 5.97 Å². The summed E-state index contributed by atoms with van der Waals surface area (Å²) in [4.78, 5) is 12.5. The Morgan fingerprint density at radius 3 is 1.06 bits per heavy atom. The summed E-state index contributed by atoms with van der Waals surface area (Å²) in [6.07, 6.45) is 20.4. The van der Waals surface area contributed by atoms with Gasteiger partial charge in [0.05, 0.1) is 165 Å². The van der Waals surface area contributed by atoms with E-state index in [1.165, 1.54) is 57.8 Å². The highest BCUT2D eigenvalue weighted by Gasteiger charge is 2.14. The number of unbranched alkanes of at least 4 members (excludes halogenated alkanes) is 11. The van der Waals surface area contributed by atoms with E-state index < -0.39 is 6.10 Å². The molecule has 16 heteroatoms. The van der Waals surface area contributed by atoms with E-state index in [1.807, 2.05) is 0 Å². The third kappa shape index (κ3) is 54.9. The molecule has 0 rings (SSSR count). The first-order valence-electron chi connectivity index (χ1n) is 24.0. The molecule has 1 atom stereocenters. The molecule has 0 heterocycles. The van der Waals surface area contributed by atoms with Gasteiger partial charge in [-0.15, -0.1) is 0 Å². The predicted octanol–water partition coefficient (Wildman–Crippen LogP) is 6.43. The zero-order valence-electron chi connectivity index (χ0n) is 40.0. The van der Waals surface area contributed by atoms with Crippen LogP contribution in [0.5, 0.6) is 0 Å². The van der Waals surface area contributed by atoms with Gasteiger partial charge in [0.15, 0.2) is 0 Å². The number of carbonyl (C=O) groups is 1. The average molecular weight is 913 g/mol. The van der Waals surface area contributed by atoms with Gasteiger partial charge in [-0.25, -0.2) is 0 Å². The smallest absolute Gasteiger partial charge is 0.305 e. The summed E-state index contributed by atoms with van der Waals surface area (Å²) in [5.74, 6) is -0.212. The predicted molar refractivity (Wildman–Crippen MR) is 243 cm³/mol. The third-order valence-corrected chi connectivity index (χ3v) is 9.17. The van der Waals surface area contributed by atoms with Crippen molar-refractivity contribution in [1.82, 2.24) is 0 Å². The van der Waals surface area contributed by atoms with E-state index >= 15 is 0 Å². The monoisotopic (exact) mass is 913 g/mol. The largest absolute Gasteiger partial charge is 0.463 e. The van der Waals surface area contributed by atoms with E-state index in [2.05, 4.69) is 19.1 Å². The molecule has 63 heavy (non-hydrogen) atoms. The lowest BCUT2D eigenvalue weighted by molar-refractivity contribution is -0.150. The summed E-state index contributed by atoms with van der Waals surface area (Å²) >= 11 is 0. The van der Waals surface area contributed by atoms with Crippen molar-refractivity contribution in [2.45, 2.75) is 103 Å². The zero-order chi connectivity index (χ0) is 45.5. The molecular formula is C47H92O16. The molecule has 0 saturated carbocycles. The SMILES string of the molecule is CCCCCCCC/C=C/CCCCCCCC(=O)OCC(COCCOCCOCCOCCOCCOCCOC)OCCOCCOCCOCCOCCOCCOC. The molecule has 0 amide bonds. The van der Waals surface area contributed by atoms with Crippen LogP contribution in [0.1, 0.15) is 96.8 Å². The number of esters is 1. The van der Waals surface area contributed by atoms with Crippen LogP contribution >= 0.6 is 0 Å². The Hall–Kier alpha value is -1.35. The van der Waals surface area contributed by atoms with Crippen molar-refractivity contribution in [2.24, 2.45) is 0 Å². The van der Waals surface area contributed by atoms with E-state index in [9.17, 15) is 4.79 Å². The van der Waals surface area contributed by atoms with Crippen LogP contribution in [-0.4, -0.2) is 198 Å². The van der Waals surface area contributed by atoms with Crippen LogP contribution in [0.2, 0.25) is 0 Å². The van der Waals surface area contributed by atoms with Crippen molar-refractivity contribution in [2.75, 3.05) is 186 Å². The van der Waals surface area contributed by atoms with Gasteiger partial charge in [0.2, 0.25) is 0 Å². The average Bonchev–Trinajstić information content (AvgIpc) is 3.29. The number of hydrogen-bond donors (Lipinski definition) is 0. The Bertz CT molecular complexity index is 886. The first-order valence-corrected chi connectivity index (χ1v) is 24.0. The Morgan fingerprint density at radius 2 is 0.683 bits per heavy atom. The number of allylic oxidation sites excluding steroid dienone is 2. The highest BCUT2D eigenvalue weighted by atomic mass is 16.6. The Morgan fingerprint density at radius 1 is 0.365 bits per heavy atom. The van der Waals surface area contributed by atoms with Gasteiger partial charge >= 0.3 is 5.97 Å². The van der Waals surface area contributed by atoms with E-state index in [4.69, 9.17) is 71.1 Å². The molecule has 0 aromatic rings. The summed E-state index contributed by atoms with van der Waals surface area (Å²) < 4.78 is 82.2. The minimum absolute atomic E-state index is 0.117. The highest BCUT2D eigenvalue weighted by molar-refractivity contribution is 5.69. The van der Waals surface area contributed by atoms with Gasteiger partial charge in [-0.05, 0) is 32.1 Å². The lowest BCUT2D eigenvalue weighted by atomic mass is 10.1. The van der Waals surface area contributed by atoms with Crippen molar-refractivity contribution in [3.05, 3.63) is 12.2 Å². The van der Waals surface area contributed by atoms with Crippen LogP contribution in [0.15, 0.2) is 12.2 Å². The maximum atomic E-state index is 12.5. The van der Waals surface area contributed by atoms with Gasteiger partial charge in [0, 0.05) is 20.6 Å². The highest BCUT2D eigenvalue weighted by Crippen LogP contribution is 2.11. The van der Waals surface area contributed by atoms with E-state index in [1.54, 1.807) is 14.2 Å². The number of methoxy groups -OCH3 is 2. The van der Waals surface area contributed by atoms with E-state index in [0.717, 1.165) is 25.7 Å². The first kappa shape index (κ1) is 61.7. The minimum Gasteiger partial charge on any atom is -0.463 e. The molecule has 376 valence electrons. The van der Waals surface area contributed by atoms with Crippen LogP contribution in [0.4, 0.5) is 0 Å². The molecule has 0 bridgehead atoms. The normalized spacial score (nSPS) is 12.2. The first-order chi connectivity index (χ1) is 31.2. The lowest BCUT2D eigenvalue weighted by Gasteiger charge is -2.18. The fourth-order valence-corrected chi connectivity index (χ4v) is 5.60. The Balaban J connectivity index is 4.10. The summed E-state index contributed by atoms with van der Waals surface area (Å²) in [5.41, 5.74) is 0. The van der Waals surface area contributed by atoms with Gasteiger partial charge in [0.1, 0.15) is 12.7 Å². The zero-order valence-corrected chi connectivity index (χ0v) is 40.0. The van der Waals surface area contributed by atoms with Crippen molar-refractivity contribution in [1.29, 1.82) is 0 Å². The second-order valence-electron chi connectivity index (χ2n) is 14.7. The molecule has 0 aromatic carbocycles. The molecule has 0 aliphatic rings. The lowest BCUT2D eigenvalue weighted by Crippen LogP contribution is -2.29. The quantitative estimate of drug-likeness (QED) is 0.0374. The summed E-state index contributed by atoms with van der Waals surface area (Å²) in [7, 11) is 3.29. The Kier molecular flexibility index (Phi) is 55.6. The van der Waals surface area contributed by atoms with Crippen molar-refractivity contribution < 1.29 is 75.8 Å². The number of ether oxygens (including phenoxy) is 15. The van der Waals surface area contributed by atoms with E-state index in [-0.39, 0.29) is 19.2 Å². The molecule has 0 aliphatic carbocycles. The molecule has 16 nitrogen and oxygen atoms in total. The van der Waals surface area contributed by atoms with Crippen LogP contribution in [-0.2, 0) is 75.8 Å². The molecule has 0 saturated heterocycles. The number of carbonyl (C=O) groups excluding carboxylic acids is 1. The standard InChI is InChI=1S/C47H92O16/c1-4-5-6-7-8-9-10-11-12-13-14-15-16-17-18-19-47(48)63-45-46(62-43-42-60-39-38-58-35-34-56-31-29-54-27-25-52-23-21-50-3)44-61-41-40-59-37-36-57-33-32-55-30-28-53-26-24-51-22-20-49-2/h11-12,46H,4-10,13-45H2,1-3H3/b12-11+. The summed E-state index contributed by atoms with van der Waals surface area (Å²) in [5, 5.41) is 0. The minimum atomic E-state index is -0.421. The number of hydrogen-bond acceptors (Lipinski definition) is 16.